The van der Waals surface area contributed by atoms with E-state index in [1.165, 1.54) is 0 Å². The molecule has 7 heteroatoms. The Morgan fingerprint density at radius 3 is 2.53 bits per heavy atom. The van der Waals surface area contributed by atoms with Gasteiger partial charge in [-0.3, -0.25) is 9.78 Å². The summed E-state index contributed by atoms with van der Waals surface area (Å²) in [6.45, 7) is 2.25. The van der Waals surface area contributed by atoms with Crippen molar-refractivity contribution in [3.05, 3.63) is 102 Å². The van der Waals surface area contributed by atoms with Crippen molar-refractivity contribution >= 4 is 11.6 Å². The maximum absolute atomic E-state index is 13.2. The zero-order valence-electron chi connectivity index (χ0n) is 18.9. The molecule has 7 nitrogen and oxygen atoms in total. The van der Waals surface area contributed by atoms with Crippen LogP contribution in [0.5, 0.6) is 5.75 Å². The summed E-state index contributed by atoms with van der Waals surface area (Å²) in [4.78, 5) is 22.2. The number of benzene rings is 2. The molecule has 0 atom stereocenters. The molecule has 0 aliphatic carbocycles. The number of carbonyl (C=O) groups is 1. The van der Waals surface area contributed by atoms with E-state index in [2.05, 4.69) is 10.3 Å². The number of hydrogen-bond donors (Lipinski definition) is 1. The van der Waals surface area contributed by atoms with Gasteiger partial charge in [0, 0.05) is 17.3 Å². The van der Waals surface area contributed by atoms with Crippen LogP contribution in [0.1, 0.15) is 21.9 Å². The van der Waals surface area contributed by atoms with E-state index in [1.54, 1.807) is 23.9 Å². The van der Waals surface area contributed by atoms with Gasteiger partial charge in [0.25, 0.3) is 5.91 Å². The summed E-state index contributed by atoms with van der Waals surface area (Å²) in [5.41, 5.74) is 5.90. The van der Waals surface area contributed by atoms with Gasteiger partial charge in [0.15, 0.2) is 5.65 Å². The number of nitrogens with one attached hydrogen (secondary N) is 1. The smallest absolute Gasteiger partial charge is 0.270 e. The summed E-state index contributed by atoms with van der Waals surface area (Å²) >= 11 is 0. The first-order valence-corrected chi connectivity index (χ1v) is 10.9. The second-order valence-corrected chi connectivity index (χ2v) is 7.79. The average Bonchev–Trinajstić information content (AvgIpc) is 3.23. The molecular weight excluding hydrogens is 426 g/mol. The van der Waals surface area contributed by atoms with Crippen LogP contribution in [0, 0.1) is 6.92 Å². The zero-order chi connectivity index (χ0) is 23.5. The summed E-state index contributed by atoms with van der Waals surface area (Å²) < 4.78 is 7.39. The number of ether oxygens (including phenoxy) is 1. The van der Waals surface area contributed by atoms with Crippen LogP contribution in [0.4, 0.5) is 0 Å². The summed E-state index contributed by atoms with van der Waals surface area (Å²) in [7, 11) is 1.63. The number of amides is 1. The fourth-order valence-corrected chi connectivity index (χ4v) is 3.99. The van der Waals surface area contributed by atoms with Crippen molar-refractivity contribution in [2.24, 2.45) is 0 Å². The van der Waals surface area contributed by atoms with Crippen molar-refractivity contribution in [2.75, 3.05) is 7.11 Å². The van der Waals surface area contributed by atoms with Gasteiger partial charge >= 0.3 is 0 Å². The van der Waals surface area contributed by atoms with Crippen LogP contribution in [0.2, 0.25) is 0 Å². The molecule has 0 spiro atoms. The van der Waals surface area contributed by atoms with E-state index in [1.807, 2.05) is 79.7 Å². The third-order valence-corrected chi connectivity index (χ3v) is 5.60. The topological polar surface area (TPSA) is 81.4 Å². The van der Waals surface area contributed by atoms with E-state index < -0.39 is 0 Å². The monoisotopic (exact) mass is 449 g/mol. The van der Waals surface area contributed by atoms with Crippen LogP contribution in [-0.2, 0) is 6.54 Å². The first-order chi connectivity index (χ1) is 16.7. The first kappa shape index (κ1) is 21.3. The minimum absolute atomic E-state index is 0.290. The van der Waals surface area contributed by atoms with Crippen LogP contribution in [0.3, 0.4) is 0 Å². The largest absolute Gasteiger partial charge is 0.496 e. The fraction of sp³-hybridized carbons (Fsp3) is 0.111. The van der Waals surface area contributed by atoms with E-state index in [0.29, 0.717) is 23.6 Å². The Balaban J connectivity index is 1.67. The Labute approximate surface area is 197 Å². The number of aryl methyl sites for hydroxylation is 1. The van der Waals surface area contributed by atoms with Crippen LogP contribution < -0.4 is 10.1 Å². The molecule has 3 heterocycles. The lowest BCUT2D eigenvalue weighted by molar-refractivity contribution is 0.0945. The highest BCUT2D eigenvalue weighted by molar-refractivity contribution is 5.95. The van der Waals surface area contributed by atoms with Gasteiger partial charge in [-0.1, -0.05) is 48.5 Å². The molecule has 3 aromatic heterocycles. The van der Waals surface area contributed by atoms with Crippen molar-refractivity contribution in [1.29, 1.82) is 0 Å². The molecule has 0 radical (unpaired) electrons. The zero-order valence-corrected chi connectivity index (χ0v) is 18.9. The molecule has 5 aromatic rings. The molecule has 0 fully saturated rings. The molecule has 0 unspecified atom stereocenters. The highest BCUT2D eigenvalue weighted by Crippen LogP contribution is 2.34. The normalized spacial score (nSPS) is 10.9. The predicted octanol–water partition coefficient (Wildman–Crippen LogP) is 4.71. The molecule has 5 rings (SSSR count). The van der Waals surface area contributed by atoms with Crippen molar-refractivity contribution in [3.8, 4) is 28.1 Å². The van der Waals surface area contributed by atoms with Gasteiger partial charge in [-0.05, 0) is 42.8 Å². The van der Waals surface area contributed by atoms with E-state index in [-0.39, 0.29) is 5.91 Å². The molecule has 0 saturated heterocycles. The number of fused-ring (bicyclic) bond motifs is 1. The quantitative estimate of drug-likeness (QED) is 0.406. The molecule has 1 N–H and O–H groups in total. The Bertz CT molecular complexity index is 1460. The molecule has 34 heavy (non-hydrogen) atoms. The Kier molecular flexibility index (Phi) is 5.74. The molecular formula is C27H23N5O2. The Morgan fingerprint density at radius 1 is 1.00 bits per heavy atom. The number of pyridine rings is 1. The van der Waals surface area contributed by atoms with Crippen LogP contribution in [0.15, 0.2) is 85.1 Å². The maximum atomic E-state index is 13.2. The second kappa shape index (κ2) is 9.15. The van der Waals surface area contributed by atoms with E-state index in [0.717, 1.165) is 33.8 Å². The minimum atomic E-state index is -0.290. The highest BCUT2D eigenvalue weighted by Gasteiger charge is 2.21. The van der Waals surface area contributed by atoms with Gasteiger partial charge in [-0.25, -0.2) is 9.50 Å². The third kappa shape index (κ3) is 3.99. The predicted molar refractivity (Wildman–Crippen MR) is 131 cm³/mol. The lowest BCUT2D eigenvalue weighted by Crippen LogP contribution is -2.24. The molecule has 1 amide bonds. The molecule has 0 saturated carbocycles. The number of para-hydroxylation sites is 1. The van der Waals surface area contributed by atoms with Crippen LogP contribution in [-0.4, -0.2) is 32.6 Å². The SMILES string of the molecule is COc1ccccc1-c1cc(C(=O)NCc2ccccn2)nc2c(-c3ccccc3)c(C)nn12. The number of aromatic nitrogens is 4. The molecule has 0 bridgehead atoms. The fourth-order valence-electron chi connectivity index (χ4n) is 3.99. The molecule has 0 aliphatic heterocycles. The van der Waals surface area contributed by atoms with Crippen molar-refractivity contribution in [1.82, 2.24) is 24.9 Å². The van der Waals surface area contributed by atoms with Crippen molar-refractivity contribution in [2.45, 2.75) is 13.5 Å². The van der Waals surface area contributed by atoms with E-state index >= 15 is 0 Å². The maximum Gasteiger partial charge on any atom is 0.270 e. The first-order valence-electron chi connectivity index (χ1n) is 10.9. The minimum Gasteiger partial charge on any atom is -0.496 e. The standard InChI is InChI=1S/C27H23N5O2/c1-18-25(19-10-4-3-5-11-19)26-30-22(27(33)29-17-20-12-8-9-15-28-20)16-23(32(26)31-18)21-13-6-7-14-24(21)34-2/h3-16H,17H2,1-2H3,(H,29,33). The molecule has 0 aliphatic rings. The summed E-state index contributed by atoms with van der Waals surface area (Å²) in [5.74, 6) is 0.395. The van der Waals surface area contributed by atoms with E-state index in [4.69, 9.17) is 14.8 Å². The van der Waals surface area contributed by atoms with Crippen molar-refractivity contribution in [3.63, 3.8) is 0 Å². The van der Waals surface area contributed by atoms with Gasteiger partial charge in [0.05, 0.1) is 30.7 Å². The van der Waals surface area contributed by atoms with Crippen LogP contribution in [0.25, 0.3) is 28.0 Å². The Hall–Kier alpha value is -4.52. The van der Waals surface area contributed by atoms with Gasteiger partial charge < -0.3 is 10.1 Å². The number of rotatable bonds is 6. The second-order valence-electron chi connectivity index (χ2n) is 7.79. The lowest BCUT2D eigenvalue weighted by Gasteiger charge is -2.12. The van der Waals surface area contributed by atoms with Gasteiger partial charge in [-0.2, -0.15) is 5.10 Å². The summed E-state index contributed by atoms with van der Waals surface area (Å²) in [5, 5.41) is 7.72. The molecule has 2 aromatic carbocycles. The molecule has 168 valence electrons. The number of carbonyl (C=O) groups excluding carboxylic acids is 1. The average molecular weight is 450 g/mol. The highest BCUT2D eigenvalue weighted by atomic mass is 16.5. The number of hydrogen-bond acceptors (Lipinski definition) is 5. The van der Waals surface area contributed by atoms with Gasteiger partial charge in [0.2, 0.25) is 0 Å². The number of nitrogens with zero attached hydrogens (tertiary/aromatic N) is 4. The summed E-state index contributed by atoms with van der Waals surface area (Å²) in [6.07, 6.45) is 1.70. The number of methoxy groups -OCH3 is 1. The van der Waals surface area contributed by atoms with Gasteiger partial charge in [-0.15, -0.1) is 0 Å². The lowest BCUT2D eigenvalue weighted by atomic mass is 10.1. The van der Waals surface area contributed by atoms with Crippen LogP contribution >= 0.6 is 0 Å². The van der Waals surface area contributed by atoms with E-state index in [9.17, 15) is 4.79 Å². The van der Waals surface area contributed by atoms with Gasteiger partial charge in [0.1, 0.15) is 11.4 Å². The van der Waals surface area contributed by atoms with Crippen molar-refractivity contribution < 1.29 is 9.53 Å². The third-order valence-electron chi connectivity index (χ3n) is 5.60. The Morgan fingerprint density at radius 2 is 1.76 bits per heavy atom. The summed E-state index contributed by atoms with van der Waals surface area (Å²) in [6, 6.07) is 25.0.